The average Bonchev–Trinajstić information content (AvgIpc) is 3.56. The van der Waals surface area contributed by atoms with E-state index in [2.05, 4.69) is 15.6 Å². The maximum absolute atomic E-state index is 15.0. The molecule has 2 aromatic rings. The normalized spacial score (nSPS) is 24.6. The van der Waals surface area contributed by atoms with Crippen LogP contribution in [0.25, 0.3) is 0 Å². The largest absolute Gasteiger partial charge is 0.481 e. The molecule has 1 aliphatic carbocycles. The lowest BCUT2D eigenvalue weighted by molar-refractivity contribution is -0.189. The number of nitrogens with zero attached hydrogens (tertiary/aromatic N) is 3. The van der Waals surface area contributed by atoms with E-state index >= 15 is 0 Å². The Bertz CT molecular complexity index is 1680. The van der Waals surface area contributed by atoms with Crippen molar-refractivity contribution < 1.29 is 45.0 Å². The number of carbonyl (C=O) groups excluding carboxylic acids is 2. The molecule has 1 aromatic heterocycles. The van der Waals surface area contributed by atoms with Gasteiger partial charge in [0.2, 0.25) is 0 Å². The number of nitriles is 1. The first-order chi connectivity index (χ1) is 21.0. The van der Waals surface area contributed by atoms with Crippen LogP contribution in [0.15, 0.2) is 35.4 Å². The van der Waals surface area contributed by atoms with Crippen LogP contribution in [0.5, 0.6) is 5.75 Å². The molecule has 242 valence electrons. The van der Waals surface area contributed by atoms with Crippen molar-refractivity contribution in [2.75, 3.05) is 13.1 Å². The summed E-state index contributed by atoms with van der Waals surface area (Å²) in [4.78, 5) is 31.4. The highest BCUT2D eigenvalue weighted by molar-refractivity contribution is 7.92. The van der Waals surface area contributed by atoms with Gasteiger partial charge in [-0.1, -0.05) is 23.2 Å². The van der Waals surface area contributed by atoms with Gasteiger partial charge in [0.15, 0.2) is 22.2 Å². The third-order valence-electron chi connectivity index (χ3n) is 7.95. The van der Waals surface area contributed by atoms with Gasteiger partial charge in [0.1, 0.15) is 28.3 Å². The molecular weight excluding hydrogens is 669 g/mol. The number of ether oxygens (including phenoxy) is 2. The Balaban J connectivity index is 1.44. The Morgan fingerprint density at radius 3 is 2.47 bits per heavy atom. The number of carbonyl (C=O) groups is 2. The van der Waals surface area contributed by atoms with Crippen molar-refractivity contribution in [3.8, 4) is 11.8 Å². The number of sulfone groups is 1. The molecule has 0 bridgehead atoms. The first-order valence-electron chi connectivity index (χ1n) is 13.6. The molecule has 0 radical (unpaired) electrons. The number of hydrogen-bond acceptors (Lipinski definition) is 9. The molecule has 18 heteroatoms. The minimum atomic E-state index is -4.68. The van der Waals surface area contributed by atoms with Crippen LogP contribution in [-0.2, 0) is 24.9 Å². The standard InChI is InChI=1S/C27H25Cl2F4N5O6S/c1-14(27(31,32)33)43-16-2-3-20(18(29)9-16)45(41,42)17-10-21(44-24(40)37-25(13-34)4-5-25)38(12-17)23(39)26(6-7-36-26)22-19(30)8-15(28)11-35-22/h2-3,8-9,11,14,17,21,36H,4-7,10,12H2,1H3,(H,37,40)/t14-,17+,21-,26?/m0/s1. The van der Waals surface area contributed by atoms with Crippen LogP contribution in [0, 0.1) is 17.1 Å². The van der Waals surface area contributed by atoms with E-state index in [1.54, 1.807) is 0 Å². The van der Waals surface area contributed by atoms with E-state index in [0.717, 1.165) is 42.3 Å². The summed E-state index contributed by atoms with van der Waals surface area (Å²) >= 11 is 12.0. The number of benzene rings is 1. The van der Waals surface area contributed by atoms with E-state index in [-0.39, 0.29) is 22.9 Å². The lowest BCUT2D eigenvalue weighted by atomic mass is 9.82. The van der Waals surface area contributed by atoms with Gasteiger partial charge in [-0.15, -0.1) is 0 Å². The van der Waals surface area contributed by atoms with Gasteiger partial charge in [0, 0.05) is 25.2 Å². The second kappa shape index (κ2) is 11.8. The summed E-state index contributed by atoms with van der Waals surface area (Å²) in [5.74, 6) is -2.04. The van der Waals surface area contributed by atoms with Crippen molar-refractivity contribution in [1.82, 2.24) is 20.5 Å². The number of alkyl halides is 3. The summed E-state index contributed by atoms with van der Waals surface area (Å²) in [6.07, 6.45) is -7.89. The Morgan fingerprint density at radius 2 is 1.93 bits per heavy atom. The molecule has 2 aliphatic heterocycles. The molecule has 0 spiro atoms. The molecule has 45 heavy (non-hydrogen) atoms. The molecule has 3 aliphatic rings. The lowest BCUT2D eigenvalue weighted by Crippen LogP contribution is -2.65. The summed E-state index contributed by atoms with van der Waals surface area (Å²) in [7, 11) is -4.41. The summed E-state index contributed by atoms with van der Waals surface area (Å²) in [6.45, 7) is 0.537. The van der Waals surface area contributed by atoms with Crippen LogP contribution in [0.2, 0.25) is 10.0 Å². The fraction of sp³-hybridized carbons (Fsp3) is 0.481. The smallest absolute Gasteiger partial charge is 0.425 e. The predicted molar refractivity (Wildman–Crippen MR) is 149 cm³/mol. The minimum absolute atomic E-state index is 0.0176. The zero-order valence-corrected chi connectivity index (χ0v) is 25.7. The Morgan fingerprint density at radius 1 is 1.24 bits per heavy atom. The first kappa shape index (κ1) is 33.0. The number of nitrogens with one attached hydrogen (secondary N) is 2. The zero-order valence-electron chi connectivity index (χ0n) is 23.3. The molecule has 5 rings (SSSR count). The Labute approximate surface area is 264 Å². The van der Waals surface area contributed by atoms with Crippen molar-refractivity contribution in [2.24, 2.45) is 0 Å². The zero-order chi connectivity index (χ0) is 32.9. The van der Waals surface area contributed by atoms with Gasteiger partial charge in [0.25, 0.3) is 5.91 Å². The number of pyridine rings is 1. The summed E-state index contributed by atoms with van der Waals surface area (Å²) in [5.41, 5.74) is -3.14. The Hall–Kier alpha value is -3.39. The van der Waals surface area contributed by atoms with E-state index in [1.165, 1.54) is 0 Å². The van der Waals surface area contributed by atoms with E-state index in [0.29, 0.717) is 19.4 Å². The van der Waals surface area contributed by atoms with Gasteiger partial charge in [-0.05, 0) is 50.9 Å². The number of aromatic nitrogens is 1. The van der Waals surface area contributed by atoms with Gasteiger partial charge in [-0.2, -0.15) is 18.4 Å². The first-order valence-corrected chi connectivity index (χ1v) is 15.9. The molecule has 3 heterocycles. The van der Waals surface area contributed by atoms with E-state index in [9.17, 15) is 40.8 Å². The van der Waals surface area contributed by atoms with Gasteiger partial charge in [-0.3, -0.25) is 15.1 Å². The van der Waals surface area contributed by atoms with E-state index in [4.69, 9.17) is 32.7 Å². The summed E-state index contributed by atoms with van der Waals surface area (Å²) in [5, 5.41) is 12.8. The second-order valence-corrected chi connectivity index (χ2v) is 14.0. The number of likely N-dealkylation sites (tertiary alicyclic amines) is 1. The minimum Gasteiger partial charge on any atom is -0.481 e. The van der Waals surface area contributed by atoms with Crippen molar-refractivity contribution in [3.63, 3.8) is 0 Å². The monoisotopic (exact) mass is 693 g/mol. The number of hydrogen-bond donors (Lipinski definition) is 2. The number of amides is 2. The third-order valence-corrected chi connectivity index (χ3v) is 10.8. The molecule has 2 N–H and O–H groups in total. The van der Waals surface area contributed by atoms with Crippen LogP contribution in [-0.4, -0.2) is 72.7 Å². The van der Waals surface area contributed by atoms with Crippen molar-refractivity contribution in [1.29, 1.82) is 5.26 Å². The molecule has 3 fully saturated rings. The van der Waals surface area contributed by atoms with Crippen LogP contribution < -0.4 is 15.4 Å². The van der Waals surface area contributed by atoms with Crippen LogP contribution >= 0.6 is 23.2 Å². The summed E-state index contributed by atoms with van der Waals surface area (Å²) in [6, 6.07) is 5.85. The van der Waals surface area contributed by atoms with Gasteiger partial charge >= 0.3 is 12.3 Å². The molecule has 1 aromatic carbocycles. The molecular formula is C27H25Cl2F4N5O6S. The van der Waals surface area contributed by atoms with Crippen LogP contribution in [0.1, 0.15) is 38.3 Å². The maximum Gasteiger partial charge on any atom is 0.425 e. The van der Waals surface area contributed by atoms with E-state index < -0.39 is 85.4 Å². The third kappa shape index (κ3) is 6.35. The molecule has 4 atom stereocenters. The number of alkyl carbamates (subject to hydrolysis) is 1. The maximum atomic E-state index is 15.0. The topological polar surface area (TPSA) is 151 Å². The molecule has 11 nitrogen and oxygen atoms in total. The van der Waals surface area contributed by atoms with Gasteiger partial charge in [-0.25, -0.2) is 17.6 Å². The average molecular weight is 694 g/mol. The SMILES string of the molecule is C[C@H](Oc1ccc(S(=O)(=O)[C@@H]2C[C@H](OC(=O)NC3(C#N)CC3)N(C(=O)C3(c4ncc(Cl)cc4F)CCN3)C2)c(Cl)c1)C(F)(F)F. The Kier molecular flexibility index (Phi) is 8.62. The van der Waals surface area contributed by atoms with E-state index in [1.807, 2.05) is 6.07 Å². The fourth-order valence-electron chi connectivity index (χ4n) is 5.12. The molecule has 2 amide bonds. The lowest BCUT2D eigenvalue weighted by Gasteiger charge is -2.44. The van der Waals surface area contributed by atoms with Crippen molar-refractivity contribution in [3.05, 3.63) is 52.0 Å². The number of rotatable bonds is 8. The molecule has 1 unspecified atom stereocenters. The van der Waals surface area contributed by atoms with Crippen LogP contribution in [0.4, 0.5) is 22.4 Å². The van der Waals surface area contributed by atoms with Crippen LogP contribution in [0.3, 0.4) is 0 Å². The molecule has 1 saturated carbocycles. The molecule has 2 saturated heterocycles. The summed E-state index contributed by atoms with van der Waals surface area (Å²) < 4.78 is 91.7. The second-order valence-electron chi connectivity index (χ2n) is 11.0. The van der Waals surface area contributed by atoms with Gasteiger partial charge in [0.05, 0.1) is 26.3 Å². The fourth-order valence-corrected chi connectivity index (χ4v) is 7.48. The highest BCUT2D eigenvalue weighted by atomic mass is 35.5. The quantitative estimate of drug-likeness (QED) is 0.387. The van der Waals surface area contributed by atoms with Crippen molar-refractivity contribution in [2.45, 2.75) is 72.3 Å². The predicted octanol–water partition coefficient (Wildman–Crippen LogP) is 4.23. The highest BCUT2D eigenvalue weighted by Gasteiger charge is 2.56. The number of halogens is 6. The van der Waals surface area contributed by atoms with Gasteiger partial charge < -0.3 is 19.7 Å². The highest BCUT2D eigenvalue weighted by Crippen LogP contribution is 2.40. The van der Waals surface area contributed by atoms with Crippen molar-refractivity contribution >= 4 is 45.0 Å².